The fourth-order valence-electron chi connectivity index (χ4n) is 1.43. The van der Waals surface area contributed by atoms with Crippen LogP contribution in [-0.2, 0) is 0 Å². The van der Waals surface area contributed by atoms with E-state index in [1.807, 2.05) is 38.1 Å². The Morgan fingerprint density at radius 1 is 1.24 bits per heavy atom. The normalized spacial score (nSPS) is 10.3. The molecule has 1 heterocycles. The molecule has 0 unspecified atom stereocenters. The molecule has 1 aromatic carbocycles. The monoisotopic (exact) mass is 292 g/mol. The van der Waals surface area contributed by atoms with Crippen molar-refractivity contribution in [2.45, 2.75) is 13.8 Å². The van der Waals surface area contributed by atoms with E-state index < -0.39 is 0 Å². The summed E-state index contributed by atoms with van der Waals surface area (Å²) in [6, 6.07) is 7.51. The number of hydrogen-bond acceptors (Lipinski definition) is 3. The van der Waals surface area contributed by atoms with E-state index in [9.17, 15) is 0 Å². The molecule has 0 saturated heterocycles. The zero-order chi connectivity index (χ0) is 12.4. The number of halogens is 1. The summed E-state index contributed by atoms with van der Waals surface area (Å²) in [4.78, 5) is 4.20. The van der Waals surface area contributed by atoms with E-state index in [0.29, 0.717) is 11.6 Å². The van der Waals surface area contributed by atoms with Gasteiger partial charge in [0.05, 0.1) is 4.47 Å². The van der Waals surface area contributed by atoms with E-state index in [-0.39, 0.29) is 0 Å². The van der Waals surface area contributed by atoms with Gasteiger partial charge >= 0.3 is 0 Å². The number of nitrogen functional groups attached to an aromatic ring is 1. The molecule has 0 aliphatic heterocycles. The molecular formula is C13H13BrN2O. The minimum atomic E-state index is 0.554. The molecule has 17 heavy (non-hydrogen) atoms. The second kappa shape index (κ2) is 4.75. The quantitative estimate of drug-likeness (QED) is 0.856. The summed E-state index contributed by atoms with van der Waals surface area (Å²) in [5.74, 6) is 1.28. The van der Waals surface area contributed by atoms with Crippen LogP contribution in [0.3, 0.4) is 0 Å². The smallest absolute Gasteiger partial charge is 0.233 e. The van der Waals surface area contributed by atoms with Crippen LogP contribution in [0.5, 0.6) is 11.6 Å². The summed E-state index contributed by atoms with van der Waals surface area (Å²) in [5, 5.41) is 0. The van der Waals surface area contributed by atoms with Gasteiger partial charge in [0.2, 0.25) is 5.88 Å². The van der Waals surface area contributed by atoms with E-state index >= 15 is 0 Å². The Morgan fingerprint density at radius 3 is 2.76 bits per heavy atom. The maximum atomic E-state index is 5.83. The predicted molar refractivity (Wildman–Crippen MR) is 72.3 cm³/mol. The van der Waals surface area contributed by atoms with Gasteiger partial charge in [-0.15, -0.1) is 0 Å². The first kappa shape index (κ1) is 11.9. The zero-order valence-corrected chi connectivity index (χ0v) is 11.3. The van der Waals surface area contributed by atoms with Crippen LogP contribution in [0.1, 0.15) is 11.1 Å². The van der Waals surface area contributed by atoms with Crippen molar-refractivity contribution in [2.24, 2.45) is 0 Å². The van der Waals surface area contributed by atoms with Crippen LogP contribution in [0.2, 0.25) is 0 Å². The third-order valence-corrected chi connectivity index (χ3v) is 3.55. The van der Waals surface area contributed by atoms with Crippen molar-refractivity contribution in [3.8, 4) is 11.6 Å². The van der Waals surface area contributed by atoms with Gasteiger partial charge in [0.1, 0.15) is 5.75 Å². The number of rotatable bonds is 2. The number of ether oxygens (including phenoxy) is 1. The maximum absolute atomic E-state index is 5.83. The summed E-state index contributed by atoms with van der Waals surface area (Å²) >= 11 is 3.46. The van der Waals surface area contributed by atoms with Crippen molar-refractivity contribution >= 4 is 21.6 Å². The molecule has 3 nitrogen and oxygen atoms in total. The minimum absolute atomic E-state index is 0.554. The van der Waals surface area contributed by atoms with Gasteiger partial charge in [0.15, 0.2) is 0 Å². The number of anilines is 1. The van der Waals surface area contributed by atoms with Crippen LogP contribution < -0.4 is 10.5 Å². The highest BCUT2D eigenvalue weighted by Gasteiger charge is 2.09. The molecule has 88 valence electrons. The summed E-state index contributed by atoms with van der Waals surface area (Å²) in [6.07, 6.45) is 1.72. The summed E-state index contributed by atoms with van der Waals surface area (Å²) in [5.41, 5.74) is 8.54. The first-order valence-corrected chi connectivity index (χ1v) is 6.03. The maximum Gasteiger partial charge on any atom is 0.233 e. The van der Waals surface area contributed by atoms with Crippen molar-refractivity contribution in [3.05, 3.63) is 46.1 Å². The second-order valence-corrected chi connectivity index (χ2v) is 4.61. The molecule has 0 atom stereocenters. The van der Waals surface area contributed by atoms with E-state index in [2.05, 4.69) is 20.9 Å². The molecule has 0 amide bonds. The van der Waals surface area contributed by atoms with E-state index in [1.165, 1.54) is 0 Å². The van der Waals surface area contributed by atoms with Gasteiger partial charge in [0.25, 0.3) is 0 Å². The van der Waals surface area contributed by atoms with Gasteiger partial charge in [-0.05, 0) is 53.5 Å². The molecule has 0 radical (unpaired) electrons. The molecular weight excluding hydrogens is 280 g/mol. The molecule has 2 rings (SSSR count). The highest BCUT2D eigenvalue weighted by molar-refractivity contribution is 9.10. The van der Waals surface area contributed by atoms with Crippen molar-refractivity contribution in [1.82, 2.24) is 4.98 Å². The van der Waals surface area contributed by atoms with Gasteiger partial charge in [-0.25, -0.2) is 4.98 Å². The number of aromatic nitrogens is 1. The van der Waals surface area contributed by atoms with E-state index in [1.54, 1.807) is 6.20 Å². The number of hydrogen-bond donors (Lipinski definition) is 1. The third-order valence-electron chi connectivity index (χ3n) is 2.58. The lowest BCUT2D eigenvalue weighted by Gasteiger charge is -2.11. The van der Waals surface area contributed by atoms with Gasteiger partial charge in [-0.2, -0.15) is 0 Å². The first-order valence-electron chi connectivity index (χ1n) is 5.23. The Bertz CT molecular complexity index is 506. The van der Waals surface area contributed by atoms with Crippen LogP contribution in [0.25, 0.3) is 0 Å². The van der Waals surface area contributed by atoms with Crippen LogP contribution in [0.15, 0.2) is 34.9 Å². The summed E-state index contributed by atoms with van der Waals surface area (Å²) in [6.45, 7) is 3.92. The number of nitrogens with two attached hydrogens (primary N) is 1. The summed E-state index contributed by atoms with van der Waals surface area (Å²) < 4.78 is 6.63. The number of nitrogens with zero attached hydrogens (tertiary/aromatic N) is 1. The highest BCUT2D eigenvalue weighted by atomic mass is 79.9. The zero-order valence-electron chi connectivity index (χ0n) is 9.70. The molecule has 0 aliphatic carbocycles. The Kier molecular flexibility index (Phi) is 3.33. The predicted octanol–water partition coefficient (Wildman–Crippen LogP) is 3.84. The molecule has 0 spiro atoms. The molecule has 0 bridgehead atoms. The molecule has 2 N–H and O–H groups in total. The molecule has 4 heteroatoms. The number of aryl methyl sites for hydroxylation is 1. The fourth-order valence-corrected chi connectivity index (χ4v) is 1.75. The molecule has 1 aromatic heterocycles. The van der Waals surface area contributed by atoms with Crippen LogP contribution >= 0.6 is 15.9 Å². The van der Waals surface area contributed by atoms with Gasteiger partial charge in [-0.1, -0.05) is 6.07 Å². The third kappa shape index (κ3) is 2.42. The largest absolute Gasteiger partial charge is 0.438 e. The minimum Gasteiger partial charge on any atom is -0.438 e. The Balaban J connectivity index is 2.38. The molecule has 2 aromatic rings. The van der Waals surface area contributed by atoms with Gasteiger partial charge < -0.3 is 10.5 Å². The fraction of sp³-hybridized carbons (Fsp3) is 0.154. The average molecular weight is 293 g/mol. The second-order valence-electron chi connectivity index (χ2n) is 3.82. The molecule has 0 fully saturated rings. The first-order chi connectivity index (χ1) is 8.09. The average Bonchev–Trinajstić information content (AvgIpc) is 2.31. The molecule has 0 saturated carbocycles. The van der Waals surface area contributed by atoms with Crippen molar-refractivity contribution in [1.29, 1.82) is 0 Å². The summed E-state index contributed by atoms with van der Waals surface area (Å²) in [7, 11) is 0. The Hall–Kier alpha value is -1.55. The lowest BCUT2D eigenvalue weighted by molar-refractivity contribution is 0.456. The van der Waals surface area contributed by atoms with Gasteiger partial charge in [-0.3, -0.25) is 0 Å². The van der Waals surface area contributed by atoms with Crippen LogP contribution in [0.4, 0.5) is 5.69 Å². The van der Waals surface area contributed by atoms with E-state index in [4.69, 9.17) is 10.5 Å². The highest BCUT2D eigenvalue weighted by Crippen LogP contribution is 2.32. The van der Waals surface area contributed by atoms with Crippen molar-refractivity contribution in [2.75, 3.05) is 5.73 Å². The Morgan fingerprint density at radius 2 is 2.00 bits per heavy atom. The standard InChI is InChI=1S/C13H13BrN2O/c1-8-6-7-16-13(12(8)14)17-11-5-3-4-10(15)9(11)2/h3-7H,15H2,1-2H3. The molecule has 0 aliphatic rings. The van der Waals surface area contributed by atoms with E-state index in [0.717, 1.165) is 21.3 Å². The number of benzene rings is 1. The number of pyridine rings is 1. The Labute approximate surface area is 109 Å². The van der Waals surface area contributed by atoms with Gasteiger partial charge in [0, 0.05) is 17.4 Å². The van der Waals surface area contributed by atoms with Crippen LogP contribution in [0, 0.1) is 13.8 Å². The van der Waals surface area contributed by atoms with Crippen molar-refractivity contribution < 1.29 is 4.74 Å². The van der Waals surface area contributed by atoms with Crippen molar-refractivity contribution in [3.63, 3.8) is 0 Å². The topological polar surface area (TPSA) is 48.1 Å². The SMILES string of the molecule is Cc1ccnc(Oc2cccc(N)c2C)c1Br. The lowest BCUT2D eigenvalue weighted by Crippen LogP contribution is -1.95. The van der Waals surface area contributed by atoms with Crippen LogP contribution in [-0.4, -0.2) is 4.98 Å². The lowest BCUT2D eigenvalue weighted by atomic mass is 10.2.